The Labute approximate surface area is 251 Å². The van der Waals surface area contributed by atoms with Gasteiger partial charge in [0.15, 0.2) is 0 Å². The molecule has 0 amide bonds. The van der Waals surface area contributed by atoms with E-state index >= 15 is 0 Å². The Balaban J connectivity index is 0.000000227. The fourth-order valence-corrected chi connectivity index (χ4v) is 10.0. The summed E-state index contributed by atoms with van der Waals surface area (Å²) >= 11 is 0. The molecule has 0 fully saturated rings. The van der Waals surface area contributed by atoms with Crippen molar-refractivity contribution >= 4 is 50.5 Å². The second-order valence-electron chi connectivity index (χ2n) is 9.73. The van der Waals surface area contributed by atoms with Crippen molar-refractivity contribution in [2.75, 3.05) is 0 Å². The Morgan fingerprint density at radius 3 is 1.33 bits per heavy atom. The largest absolute Gasteiger partial charge is 0.478 e. The van der Waals surface area contributed by atoms with Gasteiger partial charge < -0.3 is 10.2 Å². The van der Waals surface area contributed by atoms with Gasteiger partial charge in [-0.15, -0.1) is 0 Å². The lowest BCUT2D eigenvalue weighted by Crippen LogP contribution is -2.39. The van der Waals surface area contributed by atoms with E-state index in [2.05, 4.69) is 123 Å². The number of rotatable bonds is 7. The highest BCUT2D eigenvalue weighted by Crippen LogP contribution is 2.55. The average molecular weight is 614 g/mol. The Morgan fingerprint density at radius 2 is 0.977 bits per heavy atom. The van der Waals surface area contributed by atoms with Crippen molar-refractivity contribution in [3.63, 3.8) is 0 Å². The van der Waals surface area contributed by atoms with Gasteiger partial charge in [0.05, 0.1) is 16.0 Å². The summed E-state index contributed by atoms with van der Waals surface area (Å²) in [4.78, 5) is 20.4. The fraction of sp³-hybridized carbons (Fsp3) is 0.0588. The Hall–Kier alpha value is -4.62. The highest BCUT2D eigenvalue weighted by molar-refractivity contribution is 8.01. The second-order valence-corrected chi connectivity index (χ2v) is 14.5. The van der Waals surface area contributed by atoms with Crippen molar-refractivity contribution < 1.29 is 32.8 Å². The quantitative estimate of drug-likeness (QED) is 0.169. The van der Waals surface area contributed by atoms with E-state index in [1.54, 1.807) is 0 Å². The van der Waals surface area contributed by atoms with Crippen LogP contribution in [-0.2, 0) is 10.1 Å². The monoisotopic (exact) mass is 613 g/mol. The molecule has 0 saturated carbocycles. The van der Waals surface area contributed by atoms with Crippen LogP contribution >= 0.6 is 7.26 Å². The molecule has 0 radical (unpaired) electrons. The molecule has 0 atom stereocenters. The Morgan fingerprint density at radius 1 is 0.581 bits per heavy atom. The minimum Gasteiger partial charge on any atom is -0.478 e. The van der Waals surface area contributed by atoms with E-state index in [0.29, 0.717) is 12.1 Å². The fourth-order valence-electron chi connectivity index (χ4n) is 4.91. The zero-order valence-corrected chi connectivity index (χ0v) is 25.2. The van der Waals surface area contributed by atoms with Gasteiger partial charge in [0, 0.05) is 0 Å². The maximum absolute atomic E-state index is 10.8. The minimum absolute atomic E-state index is 0.535. The number of hydrogen-bond donors (Lipinski definition) is 3. The van der Waals surface area contributed by atoms with Gasteiger partial charge in [-0.3, -0.25) is 4.55 Å². The first-order valence-electron chi connectivity index (χ1n) is 13.2. The topological polar surface area (TPSA) is 129 Å². The van der Waals surface area contributed by atoms with E-state index in [-0.39, 0.29) is 0 Å². The van der Waals surface area contributed by atoms with E-state index in [9.17, 15) is 18.0 Å². The second kappa shape index (κ2) is 13.1. The van der Waals surface area contributed by atoms with Gasteiger partial charge in [-0.05, 0) is 85.6 Å². The summed E-state index contributed by atoms with van der Waals surface area (Å²) in [7, 11) is -6.61. The summed E-state index contributed by atoms with van der Waals surface area (Å²) in [5.41, 5.74) is 1.67. The lowest BCUT2D eigenvalue weighted by atomic mass is 10.1. The van der Waals surface area contributed by atoms with Crippen molar-refractivity contribution in [2.45, 2.75) is 18.7 Å². The first-order valence-corrected chi connectivity index (χ1v) is 16.4. The highest BCUT2D eigenvalue weighted by Gasteiger charge is 2.48. The van der Waals surface area contributed by atoms with Gasteiger partial charge in [0.25, 0.3) is 10.1 Å². The first kappa shape index (κ1) is 31.3. The van der Waals surface area contributed by atoms with Gasteiger partial charge in [-0.25, -0.2) is 9.59 Å². The summed E-state index contributed by atoms with van der Waals surface area (Å²) < 4.78 is 30.2. The van der Waals surface area contributed by atoms with Crippen molar-refractivity contribution in [3.05, 3.63) is 150 Å². The zero-order valence-electron chi connectivity index (χ0n) is 23.5. The third kappa shape index (κ3) is 6.73. The molecule has 0 spiro atoms. The molecule has 218 valence electrons. The number of carboxylic acid groups (broad SMARTS) is 2. The van der Waals surface area contributed by atoms with Crippen LogP contribution in [0.15, 0.2) is 132 Å². The van der Waals surface area contributed by atoms with E-state index in [1.165, 1.54) is 32.3 Å². The minimum atomic E-state index is -4.64. The van der Waals surface area contributed by atoms with Crippen molar-refractivity contribution in [3.8, 4) is 0 Å². The lowest BCUT2D eigenvalue weighted by Gasteiger charge is -2.29. The molecule has 5 aromatic carbocycles. The molecule has 0 saturated heterocycles. The predicted molar refractivity (Wildman–Crippen MR) is 171 cm³/mol. The van der Waals surface area contributed by atoms with Crippen LogP contribution in [0.3, 0.4) is 0 Å². The summed E-state index contributed by atoms with van der Waals surface area (Å²) in [6.07, 6.45) is 0. The number of carboxylic acids is 2. The predicted octanol–water partition coefficient (Wildman–Crippen LogP) is 5.25. The maximum atomic E-state index is 10.8. The van der Waals surface area contributed by atoms with Crippen LogP contribution in [0.4, 0.5) is 0 Å². The lowest BCUT2D eigenvalue weighted by molar-refractivity contribution is 0.0696. The van der Waals surface area contributed by atoms with Crippen LogP contribution in [-0.4, -0.2) is 35.1 Å². The Bertz CT molecular complexity index is 1730. The number of hydrogen-bond acceptors (Lipinski definition) is 4. The van der Waals surface area contributed by atoms with Crippen molar-refractivity contribution in [1.82, 2.24) is 0 Å². The van der Waals surface area contributed by atoms with Crippen molar-refractivity contribution in [2.24, 2.45) is 0 Å². The van der Waals surface area contributed by atoms with Crippen LogP contribution in [0, 0.1) is 13.8 Å². The number of aryl methyl sites for hydroxylation is 1. The molecule has 0 unspecified atom stereocenters. The third-order valence-corrected chi connectivity index (χ3v) is 12.3. The summed E-state index contributed by atoms with van der Waals surface area (Å²) in [6, 6.07) is 42.0. The van der Waals surface area contributed by atoms with Crippen LogP contribution < -0.4 is 21.2 Å². The molecule has 7 nitrogen and oxygen atoms in total. The molecule has 43 heavy (non-hydrogen) atoms. The number of carbonyl (C=O) groups is 2. The van der Waals surface area contributed by atoms with E-state index in [0.717, 1.165) is 6.07 Å². The molecule has 9 heteroatoms. The normalized spacial score (nSPS) is 11.2. The highest BCUT2D eigenvalue weighted by atomic mass is 32.2. The third-order valence-electron chi connectivity index (χ3n) is 7.07. The van der Waals surface area contributed by atoms with Gasteiger partial charge >= 0.3 is 11.9 Å². The average Bonchev–Trinajstić information content (AvgIpc) is 3.01. The van der Waals surface area contributed by atoms with Gasteiger partial charge in [-0.2, -0.15) is 8.42 Å². The molecule has 3 N–H and O–H groups in total. The molecular formula is C34H30O7PS+. The molecule has 0 aliphatic rings. The first-order chi connectivity index (χ1) is 20.5. The molecular weight excluding hydrogens is 583 g/mol. The summed E-state index contributed by atoms with van der Waals surface area (Å²) in [5.74, 6) is -2.99. The van der Waals surface area contributed by atoms with Crippen LogP contribution in [0.25, 0.3) is 0 Å². The van der Waals surface area contributed by atoms with Crippen LogP contribution in [0.5, 0.6) is 0 Å². The summed E-state index contributed by atoms with van der Waals surface area (Å²) in [5, 5.41) is 22.9. The van der Waals surface area contributed by atoms with Gasteiger partial charge in [0.2, 0.25) is 0 Å². The van der Waals surface area contributed by atoms with Gasteiger partial charge in [0.1, 0.15) is 28.5 Å². The molecule has 0 aliphatic carbocycles. The van der Waals surface area contributed by atoms with Gasteiger partial charge in [-0.1, -0.05) is 66.7 Å². The number of aromatic carboxylic acids is 2. The SMILES string of the molecule is Cc1cccc([P+](c2ccccc2)(c2ccccc2)c2ccccc2)c1C.O=C(O)c1cc(C(=O)O)cc(S(=O)(=O)O)c1. The number of benzene rings is 5. The van der Waals surface area contributed by atoms with E-state index < -0.39 is 45.3 Å². The van der Waals surface area contributed by atoms with E-state index in [1.807, 2.05) is 0 Å². The summed E-state index contributed by atoms with van der Waals surface area (Å²) in [6.45, 7) is 4.49. The molecule has 0 aliphatic heterocycles. The molecule has 0 heterocycles. The molecule has 0 bridgehead atoms. The molecule has 5 rings (SSSR count). The Kier molecular flexibility index (Phi) is 9.56. The molecule has 5 aromatic rings. The van der Waals surface area contributed by atoms with Crippen LogP contribution in [0.2, 0.25) is 0 Å². The zero-order chi connectivity index (χ0) is 31.2. The van der Waals surface area contributed by atoms with Crippen LogP contribution in [0.1, 0.15) is 31.8 Å². The standard InChI is InChI=1S/C26H24P.C8H6O7S/c1-21-13-12-20-26(22(21)2)27(23-14-6-3-7-15-23,24-16-8-4-9-17-24)25-18-10-5-11-19-25;9-7(10)4-1-5(8(11)12)3-6(2-4)16(13,14)15/h3-20H,1-2H3;1-3H,(H,9,10)(H,11,12)(H,13,14,15)/q+1;. The van der Waals surface area contributed by atoms with Crippen molar-refractivity contribution in [1.29, 1.82) is 0 Å². The smallest absolute Gasteiger partial charge is 0.335 e. The molecule has 0 aromatic heterocycles. The maximum Gasteiger partial charge on any atom is 0.335 e. The van der Waals surface area contributed by atoms with E-state index in [4.69, 9.17) is 14.8 Å².